The largest absolute Gasteiger partial charge is 0.465 e. The fourth-order valence-electron chi connectivity index (χ4n) is 2.01. The third-order valence-electron chi connectivity index (χ3n) is 2.72. The van der Waals surface area contributed by atoms with Gasteiger partial charge in [0, 0.05) is 20.1 Å². The highest BCUT2D eigenvalue weighted by atomic mass is 16.7. The van der Waals surface area contributed by atoms with Gasteiger partial charge in [0.05, 0.1) is 6.54 Å². The van der Waals surface area contributed by atoms with E-state index in [0.717, 1.165) is 12.1 Å². The minimum Gasteiger partial charge on any atom is -0.465 e. The molecule has 0 aromatic heterocycles. The fraction of sp³-hybridized carbons (Fsp3) is 0.667. The van der Waals surface area contributed by atoms with Crippen molar-refractivity contribution >= 4 is 6.09 Å². The highest BCUT2D eigenvalue weighted by Crippen LogP contribution is 2.26. The topological polar surface area (TPSA) is 53.0 Å². The van der Waals surface area contributed by atoms with Gasteiger partial charge in [-0.25, -0.2) is 4.79 Å². The van der Waals surface area contributed by atoms with E-state index in [1.165, 1.54) is 10.5 Å². The maximum absolute atomic E-state index is 10.8. The summed E-state index contributed by atoms with van der Waals surface area (Å²) in [4.78, 5) is 17.7. The number of rotatable bonds is 0. The number of fused-ring (bicyclic) bond motifs is 1. The second-order valence-corrected chi connectivity index (χ2v) is 3.85. The van der Waals surface area contributed by atoms with Gasteiger partial charge in [-0.2, -0.15) is 5.06 Å². The third-order valence-corrected chi connectivity index (χ3v) is 2.72. The summed E-state index contributed by atoms with van der Waals surface area (Å²) in [5, 5.41) is 10.6. The Hall–Kier alpha value is -1.07. The predicted octanol–water partition coefficient (Wildman–Crippen LogP) is 0.542. The van der Waals surface area contributed by atoms with Gasteiger partial charge >= 0.3 is 6.09 Å². The lowest BCUT2D eigenvalue weighted by molar-refractivity contribution is -0.129. The van der Waals surface area contributed by atoms with Crippen molar-refractivity contribution in [2.45, 2.75) is 13.0 Å². The number of hydrogen-bond acceptors (Lipinski definition) is 3. The van der Waals surface area contributed by atoms with Crippen LogP contribution in [-0.2, 0) is 4.84 Å². The van der Waals surface area contributed by atoms with Crippen molar-refractivity contribution in [3.8, 4) is 0 Å². The molecule has 0 bridgehead atoms. The van der Waals surface area contributed by atoms with Crippen LogP contribution in [0.15, 0.2) is 11.1 Å². The molecule has 2 rings (SSSR count). The van der Waals surface area contributed by atoms with Crippen LogP contribution in [0.25, 0.3) is 0 Å². The lowest BCUT2D eigenvalue weighted by Crippen LogP contribution is -2.42. The van der Waals surface area contributed by atoms with Crippen LogP contribution in [0.1, 0.15) is 6.92 Å². The van der Waals surface area contributed by atoms with Gasteiger partial charge in [-0.15, -0.1) is 0 Å². The smallest absolute Gasteiger partial charge is 0.407 e. The van der Waals surface area contributed by atoms with Gasteiger partial charge in [-0.05, 0) is 12.5 Å². The number of amides is 1. The van der Waals surface area contributed by atoms with Crippen molar-refractivity contribution in [2.24, 2.45) is 0 Å². The van der Waals surface area contributed by atoms with E-state index in [4.69, 9.17) is 9.94 Å². The molecule has 2 aliphatic heterocycles. The number of hydrogen-bond donors (Lipinski definition) is 1. The van der Waals surface area contributed by atoms with Gasteiger partial charge in [-0.3, -0.25) is 4.84 Å². The molecule has 1 fully saturated rings. The zero-order valence-electron chi connectivity index (χ0n) is 8.36. The Kier molecular flexibility index (Phi) is 2.20. The third kappa shape index (κ3) is 1.49. The molecule has 0 aromatic carbocycles. The van der Waals surface area contributed by atoms with Crippen molar-refractivity contribution < 1.29 is 14.7 Å². The highest BCUT2D eigenvalue weighted by molar-refractivity contribution is 5.66. The predicted molar refractivity (Wildman–Crippen MR) is 49.8 cm³/mol. The molecule has 0 aliphatic carbocycles. The molecule has 1 amide bonds. The van der Waals surface area contributed by atoms with Crippen molar-refractivity contribution in [1.29, 1.82) is 0 Å². The molecule has 1 atom stereocenters. The van der Waals surface area contributed by atoms with E-state index < -0.39 is 6.09 Å². The lowest BCUT2D eigenvalue weighted by Gasteiger charge is -2.28. The number of carbonyl (C=O) groups is 1. The zero-order valence-corrected chi connectivity index (χ0v) is 8.36. The molecule has 0 saturated carbocycles. The lowest BCUT2D eigenvalue weighted by atomic mass is 10.00. The average Bonchev–Trinajstić information content (AvgIpc) is 2.45. The summed E-state index contributed by atoms with van der Waals surface area (Å²) in [7, 11) is 1.86. The summed E-state index contributed by atoms with van der Waals surface area (Å²) in [5.41, 5.74) is 2.36. The molecular weight excluding hydrogens is 184 g/mol. The maximum atomic E-state index is 10.8. The van der Waals surface area contributed by atoms with Crippen LogP contribution in [-0.4, -0.2) is 53.9 Å². The summed E-state index contributed by atoms with van der Waals surface area (Å²) in [6.45, 7) is 3.73. The van der Waals surface area contributed by atoms with E-state index in [-0.39, 0.29) is 6.10 Å². The van der Waals surface area contributed by atoms with Gasteiger partial charge in [0.15, 0.2) is 0 Å². The average molecular weight is 198 g/mol. The summed E-state index contributed by atoms with van der Waals surface area (Å²) in [6, 6.07) is 0. The SMILES string of the molecule is CC1=C2CN(C)OC2CN(C(=O)O)C1. The first kappa shape index (κ1) is 9.48. The summed E-state index contributed by atoms with van der Waals surface area (Å²) in [5.74, 6) is 0. The molecular formula is C9H14N2O3. The number of likely N-dealkylation sites (N-methyl/N-ethyl adjacent to an activating group) is 1. The van der Waals surface area contributed by atoms with Gasteiger partial charge in [-0.1, -0.05) is 5.57 Å². The Morgan fingerprint density at radius 2 is 2.29 bits per heavy atom. The van der Waals surface area contributed by atoms with E-state index in [9.17, 15) is 4.79 Å². The summed E-state index contributed by atoms with van der Waals surface area (Å²) < 4.78 is 0. The van der Waals surface area contributed by atoms with Gasteiger partial charge in [0.2, 0.25) is 0 Å². The minimum absolute atomic E-state index is 0.0650. The Balaban J connectivity index is 2.19. The monoisotopic (exact) mass is 198 g/mol. The molecule has 0 spiro atoms. The highest BCUT2D eigenvalue weighted by Gasteiger charge is 2.35. The normalized spacial score (nSPS) is 28.1. The molecule has 0 aromatic rings. The number of hydroxylamine groups is 2. The first-order valence-electron chi connectivity index (χ1n) is 4.62. The van der Waals surface area contributed by atoms with Crippen molar-refractivity contribution in [3.05, 3.63) is 11.1 Å². The summed E-state index contributed by atoms with van der Waals surface area (Å²) in [6.07, 6.45) is -0.939. The van der Waals surface area contributed by atoms with Crippen LogP contribution in [0.5, 0.6) is 0 Å². The Morgan fingerprint density at radius 3 is 2.93 bits per heavy atom. The maximum Gasteiger partial charge on any atom is 0.407 e. The molecule has 1 N–H and O–H groups in total. The molecule has 1 saturated heterocycles. The molecule has 5 nitrogen and oxygen atoms in total. The Morgan fingerprint density at radius 1 is 1.57 bits per heavy atom. The van der Waals surface area contributed by atoms with E-state index >= 15 is 0 Å². The Labute approximate surface area is 82.5 Å². The minimum atomic E-state index is -0.874. The molecule has 14 heavy (non-hydrogen) atoms. The van der Waals surface area contributed by atoms with E-state index in [0.29, 0.717) is 13.1 Å². The second-order valence-electron chi connectivity index (χ2n) is 3.85. The van der Waals surface area contributed by atoms with Crippen LogP contribution in [0.2, 0.25) is 0 Å². The summed E-state index contributed by atoms with van der Waals surface area (Å²) >= 11 is 0. The van der Waals surface area contributed by atoms with Crippen molar-refractivity contribution in [2.75, 3.05) is 26.7 Å². The zero-order chi connectivity index (χ0) is 10.3. The van der Waals surface area contributed by atoms with Crippen LogP contribution in [0, 0.1) is 0 Å². The van der Waals surface area contributed by atoms with E-state index in [1.807, 2.05) is 14.0 Å². The van der Waals surface area contributed by atoms with Gasteiger partial charge in [0.25, 0.3) is 0 Å². The molecule has 2 aliphatic rings. The van der Waals surface area contributed by atoms with Crippen LogP contribution in [0.4, 0.5) is 4.79 Å². The van der Waals surface area contributed by atoms with E-state index in [1.54, 1.807) is 5.06 Å². The molecule has 0 radical (unpaired) electrons. The Bertz CT molecular complexity index is 300. The fourth-order valence-corrected chi connectivity index (χ4v) is 2.01. The van der Waals surface area contributed by atoms with Crippen molar-refractivity contribution in [1.82, 2.24) is 9.96 Å². The van der Waals surface area contributed by atoms with Gasteiger partial charge < -0.3 is 10.0 Å². The molecule has 1 unspecified atom stereocenters. The first-order valence-corrected chi connectivity index (χ1v) is 4.62. The molecule has 5 heteroatoms. The first-order chi connectivity index (χ1) is 6.58. The second kappa shape index (κ2) is 3.25. The van der Waals surface area contributed by atoms with Crippen molar-refractivity contribution in [3.63, 3.8) is 0 Å². The van der Waals surface area contributed by atoms with Gasteiger partial charge in [0.1, 0.15) is 6.10 Å². The molecule has 78 valence electrons. The quantitative estimate of drug-likeness (QED) is 0.577. The van der Waals surface area contributed by atoms with Crippen LogP contribution >= 0.6 is 0 Å². The van der Waals surface area contributed by atoms with E-state index in [2.05, 4.69) is 0 Å². The standard InChI is InChI=1S/C9H14N2O3/c1-6-3-11(9(12)13)5-8-7(6)4-10(2)14-8/h8H,3-5H2,1-2H3,(H,12,13). The molecule has 2 heterocycles. The number of nitrogens with zero attached hydrogens (tertiary/aromatic N) is 2. The van der Waals surface area contributed by atoms with Crippen LogP contribution in [0.3, 0.4) is 0 Å². The van der Waals surface area contributed by atoms with Crippen LogP contribution < -0.4 is 0 Å². The number of carboxylic acid groups (broad SMARTS) is 1.